The van der Waals surface area contributed by atoms with Gasteiger partial charge < -0.3 is 10.1 Å². The van der Waals surface area contributed by atoms with Crippen LogP contribution < -0.4 is 10.1 Å². The molecule has 6 heteroatoms. The summed E-state index contributed by atoms with van der Waals surface area (Å²) in [7, 11) is 0. The zero-order valence-corrected chi connectivity index (χ0v) is 13.1. The van der Waals surface area contributed by atoms with Gasteiger partial charge in [0, 0.05) is 11.3 Å². The van der Waals surface area contributed by atoms with Gasteiger partial charge in [0.15, 0.2) is 12.4 Å². The Kier molecular flexibility index (Phi) is 5.34. The molecule has 2 aromatic rings. The summed E-state index contributed by atoms with van der Waals surface area (Å²) in [6.45, 7) is 1.25. The van der Waals surface area contributed by atoms with Crippen LogP contribution in [0, 0.1) is 11.3 Å². The number of Topliss-reactive ketones (excluding diaryl/α,β-unsaturated/α-hetero) is 1. The molecule has 1 N–H and O–H groups in total. The number of rotatable bonds is 5. The minimum absolute atomic E-state index is 0.0767. The van der Waals surface area contributed by atoms with Gasteiger partial charge in [-0.05, 0) is 37.3 Å². The number of benzene rings is 2. The molecule has 0 aliphatic heterocycles. The Labute approximate surface area is 138 Å². The van der Waals surface area contributed by atoms with Gasteiger partial charge in [-0.1, -0.05) is 23.7 Å². The van der Waals surface area contributed by atoms with E-state index in [9.17, 15) is 9.59 Å². The van der Waals surface area contributed by atoms with E-state index in [2.05, 4.69) is 5.32 Å². The highest BCUT2D eigenvalue weighted by Gasteiger charge is 2.07. The maximum atomic E-state index is 11.9. The van der Waals surface area contributed by atoms with Gasteiger partial charge in [0.25, 0.3) is 5.91 Å². The van der Waals surface area contributed by atoms with Crippen LogP contribution in [-0.2, 0) is 4.79 Å². The van der Waals surface area contributed by atoms with Gasteiger partial charge in [-0.2, -0.15) is 5.26 Å². The molecule has 0 bridgehead atoms. The van der Waals surface area contributed by atoms with Crippen LogP contribution >= 0.6 is 11.6 Å². The summed E-state index contributed by atoms with van der Waals surface area (Å²) in [4.78, 5) is 23.2. The summed E-state index contributed by atoms with van der Waals surface area (Å²) in [6.07, 6.45) is 0. The van der Waals surface area contributed by atoms with Crippen LogP contribution in [0.5, 0.6) is 5.75 Å². The minimum Gasteiger partial charge on any atom is -0.484 e. The number of nitrogens with zero attached hydrogens (tertiary/aromatic N) is 1. The number of anilines is 1. The molecule has 0 atom stereocenters. The number of halogens is 1. The van der Waals surface area contributed by atoms with Gasteiger partial charge in [-0.15, -0.1) is 0 Å². The number of ether oxygens (including phenoxy) is 1. The number of hydrogen-bond donors (Lipinski definition) is 1. The monoisotopic (exact) mass is 328 g/mol. The van der Waals surface area contributed by atoms with E-state index in [0.717, 1.165) is 0 Å². The molecule has 23 heavy (non-hydrogen) atoms. The molecular formula is C17H13ClN2O3. The second-order valence-electron chi connectivity index (χ2n) is 4.73. The SMILES string of the molecule is CC(=O)c1cccc(OCC(=O)Nc2ccc(C#N)c(Cl)c2)c1. The zero-order valence-electron chi connectivity index (χ0n) is 12.3. The molecule has 0 aromatic heterocycles. The van der Waals surface area contributed by atoms with Crippen LogP contribution in [0.2, 0.25) is 5.02 Å². The van der Waals surface area contributed by atoms with E-state index in [-0.39, 0.29) is 23.3 Å². The molecule has 0 fully saturated rings. The first-order valence-corrected chi connectivity index (χ1v) is 7.10. The van der Waals surface area contributed by atoms with Gasteiger partial charge in [0.2, 0.25) is 0 Å². The summed E-state index contributed by atoms with van der Waals surface area (Å²) < 4.78 is 5.36. The average Bonchev–Trinajstić information content (AvgIpc) is 2.53. The second kappa shape index (κ2) is 7.43. The molecule has 0 heterocycles. The third-order valence-electron chi connectivity index (χ3n) is 2.98. The van der Waals surface area contributed by atoms with Crippen molar-refractivity contribution in [1.82, 2.24) is 0 Å². The highest BCUT2D eigenvalue weighted by molar-refractivity contribution is 6.32. The van der Waals surface area contributed by atoms with E-state index in [0.29, 0.717) is 22.6 Å². The van der Waals surface area contributed by atoms with Gasteiger partial charge in [0.05, 0.1) is 10.6 Å². The van der Waals surface area contributed by atoms with Crippen molar-refractivity contribution in [3.8, 4) is 11.8 Å². The lowest BCUT2D eigenvalue weighted by Crippen LogP contribution is -2.20. The number of amides is 1. The van der Waals surface area contributed by atoms with Crippen LogP contribution in [-0.4, -0.2) is 18.3 Å². The molecule has 5 nitrogen and oxygen atoms in total. The smallest absolute Gasteiger partial charge is 0.262 e. The van der Waals surface area contributed by atoms with Crippen molar-refractivity contribution in [2.45, 2.75) is 6.92 Å². The Hall–Kier alpha value is -2.84. The zero-order chi connectivity index (χ0) is 16.8. The normalized spacial score (nSPS) is 9.78. The number of carbonyl (C=O) groups is 2. The average molecular weight is 329 g/mol. The highest BCUT2D eigenvalue weighted by Crippen LogP contribution is 2.20. The van der Waals surface area contributed by atoms with Crippen LogP contribution in [0.1, 0.15) is 22.8 Å². The maximum absolute atomic E-state index is 11.9. The molecule has 1 amide bonds. The molecule has 0 radical (unpaired) electrons. The van der Waals surface area contributed by atoms with Gasteiger partial charge in [0.1, 0.15) is 11.8 Å². The fraction of sp³-hybridized carbons (Fsp3) is 0.118. The summed E-state index contributed by atoms with van der Waals surface area (Å²) >= 11 is 5.90. The first-order valence-electron chi connectivity index (χ1n) is 6.73. The molecule has 2 aromatic carbocycles. The predicted octanol–water partition coefficient (Wildman–Crippen LogP) is 3.43. The number of hydrogen-bond acceptors (Lipinski definition) is 4. The van der Waals surface area contributed by atoms with Crippen molar-refractivity contribution in [3.05, 3.63) is 58.6 Å². The lowest BCUT2D eigenvalue weighted by Gasteiger charge is -2.09. The summed E-state index contributed by atoms with van der Waals surface area (Å²) in [5, 5.41) is 11.7. The second-order valence-corrected chi connectivity index (χ2v) is 5.13. The van der Waals surface area contributed by atoms with E-state index in [1.165, 1.54) is 19.1 Å². The van der Waals surface area contributed by atoms with Crippen molar-refractivity contribution in [1.29, 1.82) is 5.26 Å². The molecule has 116 valence electrons. The minimum atomic E-state index is -0.376. The Morgan fingerprint density at radius 2 is 2.04 bits per heavy atom. The van der Waals surface area contributed by atoms with E-state index >= 15 is 0 Å². The summed E-state index contributed by atoms with van der Waals surface area (Å²) in [5.74, 6) is -0.0168. The fourth-order valence-electron chi connectivity index (χ4n) is 1.83. The largest absolute Gasteiger partial charge is 0.484 e. The molecule has 0 saturated heterocycles. The Morgan fingerprint density at radius 1 is 1.26 bits per heavy atom. The van der Waals surface area contributed by atoms with E-state index in [1.807, 2.05) is 6.07 Å². The summed E-state index contributed by atoms with van der Waals surface area (Å²) in [6, 6.07) is 13.1. The van der Waals surface area contributed by atoms with Crippen molar-refractivity contribution in [2.75, 3.05) is 11.9 Å². The first-order chi connectivity index (χ1) is 11.0. The third kappa shape index (κ3) is 4.56. The van der Waals surface area contributed by atoms with E-state index < -0.39 is 0 Å². The molecule has 0 aliphatic rings. The number of nitriles is 1. The lowest BCUT2D eigenvalue weighted by atomic mass is 10.1. The molecule has 2 rings (SSSR count). The maximum Gasteiger partial charge on any atom is 0.262 e. The van der Waals surface area contributed by atoms with Crippen LogP contribution in [0.4, 0.5) is 5.69 Å². The number of carbonyl (C=O) groups excluding carboxylic acids is 2. The molecule has 0 aliphatic carbocycles. The Balaban J connectivity index is 1.95. The standard InChI is InChI=1S/C17H13ClN2O3/c1-11(21)12-3-2-4-15(7-12)23-10-17(22)20-14-6-5-13(9-19)16(18)8-14/h2-8H,10H2,1H3,(H,20,22). The Bertz CT molecular complexity index is 797. The topological polar surface area (TPSA) is 79.2 Å². The predicted molar refractivity (Wildman–Crippen MR) is 86.7 cm³/mol. The van der Waals surface area contributed by atoms with Gasteiger partial charge >= 0.3 is 0 Å². The van der Waals surface area contributed by atoms with Crippen molar-refractivity contribution >= 4 is 29.0 Å². The first kappa shape index (κ1) is 16.5. The number of nitrogens with one attached hydrogen (secondary N) is 1. The highest BCUT2D eigenvalue weighted by atomic mass is 35.5. The van der Waals surface area contributed by atoms with Crippen molar-refractivity contribution in [2.24, 2.45) is 0 Å². The fourth-order valence-corrected chi connectivity index (χ4v) is 2.06. The molecular weight excluding hydrogens is 316 g/mol. The summed E-state index contributed by atoms with van der Waals surface area (Å²) in [5.41, 5.74) is 1.32. The van der Waals surface area contributed by atoms with Crippen molar-refractivity contribution in [3.63, 3.8) is 0 Å². The van der Waals surface area contributed by atoms with Crippen LogP contribution in [0.3, 0.4) is 0 Å². The van der Waals surface area contributed by atoms with Crippen LogP contribution in [0.25, 0.3) is 0 Å². The van der Waals surface area contributed by atoms with Crippen molar-refractivity contribution < 1.29 is 14.3 Å². The molecule has 0 saturated carbocycles. The quantitative estimate of drug-likeness (QED) is 0.853. The molecule has 0 unspecified atom stereocenters. The molecule has 0 spiro atoms. The van der Waals surface area contributed by atoms with E-state index in [4.69, 9.17) is 21.6 Å². The van der Waals surface area contributed by atoms with Gasteiger partial charge in [-0.25, -0.2) is 0 Å². The van der Waals surface area contributed by atoms with Crippen LogP contribution in [0.15, 0.2) is 42.5 Å². The lowest BCUT2D eigenvalue weighted by molar-refractivity contribution is -0.118. The van der Waals surface area contributed by atoms with Gasteiger partial charge in [-0.3, -0.25) is 9.59 Å². The third-order valence-corrected chi connectivity index (χ3v) is 3.30. The number of ketones is 1. The Morgan fingerprint density at radius 3 is 2.70 bits per heavy atom. The van der Waals surface area contributed by atoms with E-state index in [1.54, 1.807) is 30.3 Å².